The highest BCUT2D eigenvalue weighted by Crippen LogP contribution is 2.46. The third-order valence-corrected chi connectivity index (χ3v) is 4.19. The van der Waals surface area contributed by atoms with Gasteiger partial charge in [-0.25, -0.2) is 4.39 Å². The Labute approximate surface area is 138 Å². The number of carbonyl (C=O) groups is 2. The molecule has 0 spiro atoms. The number of carboxylic acid groups (broad SMARTS) is 1. The SMILES string of the molecule is Cc1cc(F)cc(C(=O)N2CCC(C(=O)O)(C(F)(F)F)C2)c1[N+](=O)[O-]. The molecule has 0 aromatic heterocycles. The number of nitro benzene ring substituents is 1. The van der Waals surface area contributed by atoms with Crippen molar-refractivity contribution in [3.63, 3.8) is 0 Å². The average molecular weight is 364 g/mol. The van der Waals surface area contributed by atoms with Crippen molar-refractivity contribution in [1.82, 2.24) is 4.90 Å². The summed E-state index contributed by atoms with van der Waals surface area (Å²) >= 11 is 0. The van der Waals surface area contributed by atoms with Gasteiger partial charge in [-0.3, -0.25) is 19.7 Å². The standard InChI is InChI=1S/C14H12F4N2O5/c1-7-4-8(15)5-9(10(7)20(24)25)11(21)19-3-2-13(6-19,12(22)23)14(16,17)18/h4-5H,2-3,6H2,1H3,(H,22,23). The summed E-state index contributed by atoms with van der Waals surface area (Å²) in [5.74, 6) is -4.33. The van der Waals surface area contributed by atoms with Crippen LogP contribution in [0.3, 0.4) is 0 Å². The monoisotopic (exact) mass is 364 g/mol. The summed E-state index contributed by atoms with van der Waals surface area (Å²) in [7, 11) is 0. The van der Waals surface area contributed by atoms with Gasteiger partial charge in [-0.2, -0.15) is 13.2 Å². The van der Waals surface area contributed by atoms with Gasteiger partial charge >= 0.3 is 12.1 Å². The summed E-state index contributed by atoms with van der Waals surface area (Å²) in [5.41, 5.74) is -4.77. The van der Waals surface area contributed by atoms with E-state index in [0.29, 0.717) is 11.0 Å². The topological polar surface area (TPSA) is 101 Å². The number of amides is 1. The molecular weight excluding hydrogens is 352 g/mol. The van der Waals surface area contributed by atoms with Crippen LogP contribution in [0.5, 0.6) is 0 Å². The van der Waals surface area contributed by atoms with Gasteiger partial charge in [0.2, 0.25) is 0 Å². The minimum Gasteiger partial charge on any atom is -0.481 e. The first-order chi connectivity index (χ1) is 11.4. The maximum Gasteiger partial charge on any atom is 0.406 e. The number of carboxylic acids is 1. The van der Waals surface area contributed by atoms with Gasteiger partial charge in [0.15, 0.2) is 5.41 Å². The molecule has 1 aromatic carbocycles. The summed E-state index contributed by atoms with van der Waals surface area (Å²) in [6.07, 6.45) is -6.00. The number of aryl methyl sites for hydroxylation is 1. The Balaban J connectivity index is 2.45. The van der Waals surface area contributed by atoms with Crippen LogP contribution in [-0.2, 0) is 4.79 Å². The zero-order valence-electron chi connectivity index (χ0n) is 12.8. The van der Waals surface area contributed by atoms with E-state index in [1.807, 2.05) is 0 Å². The summed E-state index contributed by atoms with van der Waals surface area (Å²) < 4.78 is 53.0. The molecular formula is C14H12F4N2O5. The zero-order chi connectivity index (χ0) is 19.2. The number of halogens is 4. The Morgan fingerprint density at radius 1 is 1.36 bits per heavy atom. The number of rotatable bonds is 3. The van der Waals surface area contributed by atoms with E-state index in [9.17, 15) is 37.3 Å². The van der Waals surface area contributed by atoms with E-state index >= 15 is 0 Å². The van der Waals surface area contributed by atoms with Crippen LogP contribution in [0.1, 0.15) is 22.3 Å². The first-order valence-corrected chi connectivity index (χ1v) is 6.94. The number of nitro groups is 1. The average Bonchev–Trinajstić information content (AvgIpc) is 2.91. The van der Waals surface area contributed by atoms with E-state index in [-0.39, 0.29) is 5.56 Å². The Morgan fingerprint density at radius 3 is 2.40 bits per heavy atom. The van der Waals surface area contributed by atoms with E-state index < -0.39 is 65.0 Å². The van der Waals surface area contributed by atoms with Crippen molar-refractivity contribution >= 4 is 17.6 Å². The van der Waals surface area contributed by atoms with E-state index in [1.54, 1.807) is 0 Å². The van der Waals surface area contributed by atoms with Gasteiger partial charge in [0, 0.05) is 18.7 Å². The molecule has 0 aliphatic carbocycles. The highest BCUT2D eigenvalue weighted by atomic mass is 19.4. The first kappa shape index (κ1) is 18.6. The van der Waals surface area contributed by atoms with Crippen LogP contribution in [0, 0.1) is 28.3 Å². The van der Waals surface area contributed by atoms with Gasteiger partial charge in [-0.1, -0.05) is 0 Å². The van der Waals surface area contributed by atoms with Crippen molar-refractivity contribution in [1.29, 1.82) is 0 Å². The van der Waals surface area contributed by atoms with Gasteiger partial charge in [0.25, 0.3) is 11.6 Å². The van der Waals surface area contributed by atoms with Crippen LogP contribution in [0.25, 0.3) is 0 Å². The number of aliphatic carboxylic acids is 1. The van der Waals surface area contributed by atoms with Crippen molar-refractivity contribution in [2.24, 2.45) is 5.41 Å². The number of hydrogen-bond acceptors (Lipinski definition) is 4. The predicted octanol–water partition coefficient (Wildman–Crippen LogP) is 2.52. The third-order valence-electron chi connectivity index (χ3n) is 4.19. The molecule has 1 heterocycles. The highest BCUT2D eigenvalue weighted by molar-refractivity contribution is 5.99. The molecule has 0 radical (unpaired) electrons. The lowest BCUT2D eigenvalue weighted by Gasteiger charge is -2.27. The van der Waals surface area contributed by atoms with Crippen molar-refractivity contribution in [2.45, 2.75) is 19.5 Å². The van der Waals surface area contributed by atoms with E-state index in [1.165, 1.54) is 6.92 Å². The van der Waals surface area contributed by atoms with Crippen LogP contribution in [0.15, 0.2) is 12.1 Å². The second-order valence-corrected chi connectivity index (χ2v) is 5.74. The summed E-state index contributed by atoms with van der Waals surface area (Å²) in [6, 6.07) is 1.37. The van der Waals surface area contributed by atoms with Crippen LogP contribution < -0.4 is 0 Å². The largest absolute Gasteiger partial charge is 0.481 e. The van der Waals surface area contributed by atoms with Crippen LogP contribution in [-0.4, -0.2) is 46.1 Å². The number of benzene rings is 1. The predicted molar refractivity (Wildman–Crippen MR) is 74.4 cm³/mol. The first-order valence-electron chi connectivity index (χ1n) is 6.94. The highest BCUT2D eigenvalue weighted by Gasteiger charge is 2.64. The zero-order valence-corrected chi connectivity index (χ0v) is 12.8. The molecule has 25 heavy (non-hydrogen) atoms. The molecule has 11 heteroatoms. The fraction of sp³-hybridized carbons (Fsp3) is 0.429. The second-order valence-electron chi connectivity index (χ2n) is 5.74. The number of hydrogen-bond donors (Lipinski definition) is 1. The fourth-order valence-electron chi connectivity index (χ4n) is 2.82. The molecule has 0 saturated carbocycles. The molecule has 1 aliphatic heterocycles. The van der Waals surface area contributed by atoms with Gasteiger partial charge < -0.3 is 10.0 Å². The maximum atomic E-state index is 13.5. The maximum absolute atomic E-state index is 13.5. The minimum atomic E-state index is -5.11. The molecule has 1 N–H and O–H groups in total. The molecule has 136 valence electrons. The fourth-order valence-corrected chi connectivity index (χ4v) is 2.82. The lowest BCUT2D eigenvalue weighted by molar-refractivity contribution is -0.385. The number of nitrogens with zero attached hydrogens (tertiary/aromatic N) is 2. The van der Waals surface area contributed by atoms with Crippen LogP contribution in [0.4, 0.5) is 23.2 Å². The van der Waals surface area contributed by atoms with Gasteiger partial charge in [0.05, 0.1) is 4.92 Å². The molecule has 1 atom stereocenters. The van der Waals surface area contributed by atoms with Crippen molar-refractivity contribution in [3.05, 3.63) is 39.2 Å². The molecule has 1 saturated heterocycles. The molecule has 1 aromatic rings. The van der Waals surface area contributed by atoms with Gasteiger partial charge in [-0.05, 0) is 25.5 Å². The summed E-state index contributed by atoms with van der Waals surface area (Å²) in [6.45, 7) is -0.589. The van der Waals surface area contributed by atoms with Gasteiger partial charge in [-0.15, -0.1) is 0 Å². The Hall–Kier alpha value is -2.72. The molecule has 1 unspecified atom stereocenters. The smallest absolute Gasteiger partial charge is 0.406 e. The molecule has 0 bridgehead atoms. The lowest BCUT2D eigenvalue weighted by Crippen LogP contribution is -2.47. The van der Waals surface area contributed by atoms with Crippen LogP contribution in [0.2, 0.25) is 0 Å². The summed E-state index contributed by atoms with van der Waals surface area (Å²) in [4.78, 5) is 34.3. The second kappa shape index (κ2) is 5.97. The van der Waals surface area contributed by atoms with Crippen LogP contribution >= 0.6 is 0 Å². The molecule has 1 aliphatic rings. The van der Waals surface area contributed by atoms with Crippen molar-refractivity contribution in [2.75, 3.05) is 13.1 Å². The minimum absolute atomic E-state index is 0.173. The Bertz CT molecular complexity index is 764. The Kier molecular flexibility index (Phi) is 4.45. The third kappa shape index (κ3) is 3.01. The van der Waals surface area contributed by atoms with Crippen molar-refractivity contribution < 1.29 is 37.2 Å². The van der Waals surface area contributed by atoms with Gasteiger partial charge in [0.1, 0.15) is 11.4 Å². The van der Waals surface area contributed by atoms with E-state index in [2.05, 4.69) is 0 Å². The normalized spacial score (nSPS) is 20.6. The quantitative estimate of drug-likeness (QED) is 0.505. The Morgan fingerprint density at radius 2 is 1.96 bits per heavy atom. The molecule has 2 rings (SSSR count). The number of carbonyl (C=O) groups excluding carboxylic acids is 1. The number of alkyl halides is 3. The molecule has 7 nitrogen and oxygen atoms in total. The molecule has 1 amide bonds. The van der Waals surface area contributed by atoms with E-state index in [4.69, 9.17) is 5.11 Å². The summed E-state index contributed by atoms with van der Waals surface area (Å²) in [5, 5.41) is 20.1. The lowest BCUT2D eigenvalue weighted by atomic mass is 9.86. The van der Waals surface area contributed by atoms with E-state index in [0.717, 1.165) is 6.07 Å². The number of likely N-dealkylation sites (tertiary alicyclic amines) is 1. The van der Waals surface area contributed by atoms with Crippen molar-refractivity contribution in [3.8, 4) is 0 Å². The molecule has 1 fully saturated rings.